The highest BCUT2D eigenvalue weighted by atomic mass is 16.2. The molecule has 26 heavy (non-hydrogen) atoms. The predicted octanol–water partition coefficient (Wildman–Crippen LogP) is 4.50. The van der Waals surface area contributed by atoms with Gasteiger partial charge in [0.2, 0.25) is 5.95 Å². The topological polar surface area (TPSA) is 58.1 Å². The van der Waals surface area contributed by atoms with Crippen molar-refractivity contribution in [2.75, 3.05) is 16.8 Å². The molecule has 3 rings (SSSR count). The predicted molar refractivity (Wildman–Crippen MR) is 105 cm³/mol. The molecule has 0 aliphatic carbocycles. The zero-order valence-electron chi connectivity index (χ0n) is 15.2. The molecule has 0 aliphatic heterocycles. The Morgan fingerprint density at radius 3 is 2.38 bits per heavy atom. The molecular formula is C21H22N4O. The SMILES string of the molecule is CCN(C(=O)c1cc(C)nc(Nc2ccccc2C)n1)c1ccccc1. The highest BCUT2D eigenvalue weighted by Gasteiger charge is 2.19. The minimum Gasteiger partial charge on any atom is -0.324 e. The van der Waals surface area contributed by atoms with Gasteiger partial charge in [-0.25, -0.2) is 9.97 Å². The van der Waals surface area contributed by atoms with Crippen LogP contribution in [-0.4, -0.2) is 22.4 Å². The largest absolute Gasteiger partial charge is 0.324 e. The fraction of sp³-hybridized carbons (Fsp3) is 0.190. The Bertz CT molecular complexity index is 909. The van der Waals surface area contributed by atoms with Gasteiger partial charge in [0.25, 0.3) is 5.91 Å². The summed E-state index contributed by atoms with van der Waals surface area (Å²) < 4.78 is 0. The molecule has 5 heteroatoms. The maximum atomic E-state index is 13.0. The molecule has 0 aliphatic rings. The van der Waals surface area contributed by atoms with Crippen molar-refractivity contribution in [2.45, 2.75) is 20.8 Å². The average Bonchev–Trinajstić information content (AvgIpc) is 2.64. The van der Waals surface area contributed by atoms with Crippen molar-refractivity contribution in [1.29, 1.82) is 0 Å². The maximum Gasteiger partial charge on any atom is 0.277 e. The van der Waals surface area contributed by atoms with Crippen LogP contribution < -0.4 is 10.2 Å². The third-order valence-electron chi connectivity index (χ3n) is 4.09. The van der Waals surface area contributed by atoms with Gasteiger partial charge < -0.3 is 10.2 Å². The number of nitrogens with one attached hydrogen (secondary N) is 1. The third-order valence-corrected chi connectivity index (χ3v) is 4.09. The lowest BCUT2D eigenvalue weighted by atomic mass is 10.2. The number of rotatable bonds is 5. The van der Waals surface area contributed by atoms with Crippen LogP contribution in [0.5, 0.6) is 0 Å². The minimum absolute atomic E-state index is 0.142. The third kappa shape index (κ3) is 3.88. The van der Waals surface area contributed by atoms with Gasteiger partial charge in [0.1, 0.15) is 5.69 Å². The van der Waals surface area contributed by atoms with E-state index < -0.39 is 0 Å². The summed E-state index contributed by atoms with van der Waals surface area (Å²) in [7, 11) is 0. The van der Waals surface area contributed by atoms with E-state index in [0.717, 1.165) is 22.6 Å². The molecule has 3 aromatic rings. The molecule has 0 radical (unpaired) electrons. The number of para-hydroxylation sites is 2. The van der Waals surface area contributed by atoms with Crippen molar-refractivity contribution in [3.05, 3.63) is 77.6 Å². The Morgan fingerprint density at radius 1 is 1.00 bits per heavy atom. The van der Waals surface area contributed by atoms with Gasteiger partial charge in [-0.15, -0.1) is 0 Å². The van der Waals surface area contributed by atoms with Crippen LogP contribution in [0.4, 0.5) is 17.3 Å². The first-order chi connectivity index (χ1) is 12.6. The lowest BCUT2D eigenvalue weighted by molar-refractivity contribution is 0.0983. The first-order valence-electron chi connectivity index (χ1n) is 8.63. The smallest absolute Gasteiger partial charge is 0.277 e. The van der Waals surface area contributed by atoms with Gasteiger partial charge in [0.15, 0.2) is 0 Å². The van der Waals surface area contributed by atoms with E-state index in [4.69, 9.17) is 0 Å². The van der Waals surface area contributed by atoms with Crippen molar-refractivity contribution in [1.82, 2.24) is 9.97 Å². The summed E-state index contributed by atoms with van der Waals surface area (Å²) in [6, 6.07) is 19.2. The van der Waals surface area contributed by atoms with Crippen molar-refractivity contribution in [2.24, 2.45) is 0 Å². The monoisotopic (exact) mass is 346 g/mol. The molecule has 0 unspecified atom stereocenters. The number of amides is 1. The molecular weight excluding hydrogens is 324 g/mol. The molecule has 1 aromatic heterocycles. The van der Waals surface area contributed by atoms with Crippen molar-refractivity contribution >= 4 is 23.2 Å². The van der Waals surface area contributed by atoms with Crippen LogP contribution in [0.2, 0.25) is 0 Å². The molecule has 0 bridgehead atoms. The number of anilines is 3. The number of hydrogen-bond acceptors (Lipinski definition) is 4. The molecule has 0 fully saturated rings. The molecule has 1 amide bonds. The van der Waals surface area contributed by atoms with E-state index in [1.807, 2.05) is 75.4 Å². The fourth-order valence-electron chi connectivity index (χ4n) is 2.76. The summed E-state index contributed by atoms with van der Waals surface area (Å²) in [5, 5.41) is 3.21. The normalized spacial score (nSPS) is 10.4. The molecule has 1 heterocycles. The lowest BCUT2D eigenvalue weighted by Gasteiger charge is -2.21. The van der Waals surface area contributed by atoms with E-state index in [2.05, 4.69) is 15.3 Å². The van der Waals surface area contributed by atoms with Crippen LogP contribution in [0, 0.1) is 13.8 Å². The summed E-state index contributed by atoms with van der Waals surface area (Å²) in [5.74, 6) is 0.281. The molecule has 0 saturated heterocycles. The quantitative estimate of drug-likeness (QED) is 0.739. The minimum atomic E-state index is -0.142. The molecule has 2 aromatic carbocycles. The van der Waals surface area contributed by atoms with Crippen molar-refractivity contribution in [3.8, 4) is 0 Å². The van der Waals surface area contributed by atoms with Crippen LogP contribution in [0.15, 0.2) is 60.7 Å². The second kappa shape index (κ2) is 7.78. The zero-order valence-corrected chi connectivity index (χ0v) is 15.2. The number of aromatic nitrogens is 2. The zero-order chi connectivity index (χ0) is 18.5. The number of aryl methyl sites for hydroxylation is 2. The van der Waals surface area contributed by atoms with E-state index in [0.29, 0.717) is 18.2 Å². The molecule has 0 atom stereocenters. The number of carbonyl (C=O) groups excluding carboxylic acids is 1. The summed E-state index contributed by atoms with van der Waals surface area (Å²) in [6.07, 6.45) is 0. The van der Waals surface area contributed by atoms with E-state index in [1.165, 1.54) is 0 Å². The highest BCUT2D eigenvalue weighted by Crippen LogP contribution is 2.20. The average molecular weight is 346 g/mol. The number of benzene rings is 2. The van der Waals surface area contributed by atoms with Gasteiger partial charge in [0, 0.05) is 23.6 Å². The molecule has 0 spiro atoms. The Morgan fingerprint density at radius 2 is 1.69 bits per heavy atom. The van der Waals surface area contributed by atoms with Gasteiger partial charge >= 0.3 is 0 Å². The van der Waals surface area contributed by atoms with Gasteiger partial charge in [-0.2, -0.15) is 0 Å². The summed E-state index contributed by atoms with van der Waals surface area (Å²) in [6.45, 7) is 6.39. The van der Waals surface area contributed by atoms with Gasteiger partial charge in [-0.3, -0.25) is 4.79 Å². The Hall–Kier alpha value is -3.21. The maximum absolute atomic E-state index is 13.0. The van der Waals surface area contributed by atoms with E-state index in [1.54, 1.807) is 11.0 Å². The number of carbonyl (C=O) groups is 1. The van der Waals surface area contributed by atoms with Crippen LogP contribution in [0.3, 0.4) is 0 Å². The van der Waals surface area contributed by atoms with Crippen molar-refractivity contribution in [3.63, 3.8) is 0 Å². The Kier molecular flexibility index (Phi) is 5.27. The Balaban J connectivity index is 1.91. The Labute approximate surface area is 153 Å². The summed E-state index contributed by atoms with van der Waals surface area (Å²) >= 11 is 0. The van der Waals surface area contributed by atoms with E-state index in [-0.39, 0.29) is 5.91 Å². The van der Waals surface area contributed by atoms with E-state index >= 15 is 0 Å². The number of nitrogens with zero attached hydrogens (tertiary/aromatic N) is 3. The first kappa shape index (κ1) is 17.6. The summed E-state index contributed by atoms with van der Waals surface area (Å²) in [4.78, 5) is 23.6. The van der Waals surface area contributed by atoms with Gasteiger partial charge in [-0.05, 0) is 50.6 Å². The molecule has 132 valence electrons. The standard InChI is InChI=1S/C21H22N4O/c1-4-25(17-11-6-5-7-12-17)20(26)19-14-16(3)22-21(24-19)23-18-13-9-8-10-15(18)2/h5-14H,4H2,1-3H3,(H,22,23,24). The molecule has 1 N–H and O–H groups in total. The summed E-state index contributed by atoms with van der Waals surface area (Å²) in [5.41, 5.74) is 3.98. The van der Waals surface area contributed by atoms with Gasteiger partial charge in [-0.1, -0.05) is 36.4 Å². The van der Waals surface area contributed by atoms with Crippen LogP contribution in [-0.2, 0) is 0 Å². The lowest BCUT2D eigenvalue weighted by Crippen LogP contribution is -2.31. The molecule has 0 saturated carbocycles. The first-order valence-corrected chi connectivity index (χ1v) is 8.63. The number of hydrogen-bond donors (Lipinski definition) is 1. The van der Waals surface area contributed by atoms with Crippen LogP contribution >= 0.6 is 0 Å². The van der Waals surface area contributed by atoms with Crippen LogP contribution in [0.1, 0.15) is 28.7 Å². The van der Waals surface area contributed by atoms with Gasteiger partial charge in [0.05, 0.1) is 0 Å². The second-order valence-corrected chi connectivity index (χ2v) is 6.04. The van der Waals surface area contributed by atoms with Crippen molar-refractivity contribution < 1.29 is 4.79 Å². The van der Waals surface area contributed by atoms with Crippen LogP contribution in [0.25, 0.3) is 0 Å². The second-order valence-electron chi connectivity index (χ2n) is 6.04. The molecule has 5 nitrogen and oxygen atoms in total. The van der Waals surface area contributed by atoms with E-state index in [9.17, 15) is 4.79 Å². The highest BCUT2D eigenvalue weighted by molar-refractivity contribution is 6.05. The fourth-order valence-corrected chi connectivity index (χ4v) is 2.76.